The van der Waals surface area contributed by atoms with Gasteiger partial charge >= 0.3 is 5.97 Å². The Balaban J connectivity index is 2.10. The number of amides is 1. The van der Waals surface area contributed by atoms with Crippen LogP contribution in [0.1, 0.15) is 24.3 Å². The van der Waals surface area contributed by atoms with E-state index in [4.69, 9.17) is 5.11 Å². The van der Waals surface area contributed by atoms with Gasteiger partial charge in [-0.05, 0) is 18.1 Å². The maximum atomic E-state index is 12.4. The Morgan fingerprint density at radius 3 is 2.89 bits per heavy atom. The highest BCUT2D eigenvalue weighted by Gasteiger charge is 2.28. The number of fused-ring (bicyclic) bond motifs is 1. The first kappa shape index (κ1) is 13.4. The molecule has 0 spiro atoms. The van der Waals surface area contributed by atoms with E-state index in [2.05, 4.69) is 5.32 Å². The maximum absolute atomic E-state index is 12.4. The number of carboxylic acid groups (broad SMARTS) is 1. The quantitative estimate of drug-likeness (QED) is 0.863. The molecular weight excluding hydrogens is 244 g/mol. The lowest BCUT2D eigenvalue weighted by Crippen LogP contribution is -2.35. The standard InChI is InChI=1S/C14H18N2O3/c1-16(9-7-13(17)18)14(19)11-6-8-15-12-5-3-2-4-10(11)12/h2-5,11,15H,6-9H2,1H3,(H,17,18). The predicted molar refractivity (Wildman–Crippen MR) is 72.2 cm³/mol. The van der Waals surface area contributed by atoms with Crippen LogP contribution in [0.2, 0.25) is 0 Å². The van der Waals surface area contributed by atoms with Gasteiger partial charge in [-0.1, -0.05) is 18.2 Å². The first-order valence-electron chi connectivity index (χ1n) is 6.39. The van der Waals surface area contributed by atoms with E-state index in [1.54, 1.807) is 7.05 Å². The third-order valence-corrected chi connectivity index (χ3v) is 3.42. The van der Waals surface area contributed by atoms with Crippen LogP contribution in [0.5, 0.6) is 0 Å². The van der Waals surface area contributed by atoms with Crippen LogP contribution in [0.25, 0.3) is 0 Å². The van der Waals surface area contributed by atoms with Gasteiger partial charge in [-0.25, -0.2) is 0 Å². The lowest BCUT2D eigenvalue weighted by molar-refractivity contribution is -0.138. The van der Waals surface area contributed by atoms with E-state index in [0.717, 1.165) is 24.2 Å². The van der Waals surface area contributed by atoms with Crippen LogP contribution in [0.3, 0.4) is 0 Å². The molecule has 1 aliphatic heterocycles. The molecule has 1 aliphatic rings. The van der Waals surface area contributed by atoms with Crippen molar-refractivity contribution in [3.63, 3.8) is 0 Å². The molecule has 0 saturated carbocycles. The van der Waals surface area contributed by atoms with E-state index >= 15 is 0 Å². The van der Waals surface area contributed by atoms with E-state index in [9.17, 15) is 9.59 Å². The number of carbonyl (C=O) groups is 2. The van der Waals surface area contributed by atoms with E-state index in [0.29, 0.717) is 0 Å². The summed E-state index contributed by atoms with van der Waals surface area (Å²) < 4.78 is 0. The average Bonchev–Trinajstić information content (AvgIpc) is 2.43. The topological polar surface area (TPSA) is 69.6 Å². The van der Waals surface area contributed by atoms with E-state index < -0.39 is 5.97 Å². The second-order valence-corrected chi connectivity index (χ2v) is 4.76. The van der Waals surface area contributed by atoms with Gasteiger partial charge < -0.3 is 15.3 Å². The number of nitrogens with zero attached hydrogens (tertiary/aromatic N) is 1. The fourth-order valence-electron chi connectivity index (χ4n) is 2.36. The lowest BCUT2D eigenvalue weighted by atomic mass is 9.90. The Kier molecular flexibility index (Phi) is 4.04. The summed E-state index contributed by atoms with van der Waals surface area (Å²) in [6.45, 7) is 1.01. The van der Waals surface area contributed by atoms with Crippen LogP contribution in [0.4, 0.5) is 5.69 Å². The molecule has 2 N–H and O–H groups in total. The minimum Gasteiger partial charge on any atom is -0.481 e. The van der Waals surface area contributed by atoms with E-state index in [-0.39, 0.29) is 24.8 Å². The molecular formula is C14H18N2O3. The molecule has 1 aromatic rings. The van der Waals surface area contributed by atoms with Crippen molar-refractivity contribution in [1.82, 2.24) is 4.90 Å². The summed E-state index contributed by atoms with van der Waals surface area (Å²) in [5.74, 6) is -1.06. The van der Waals surface area contributed by atoms with E-state index in [1.165, 1.54) is 4.90 Å². The minimum absolute atomic E-state index is 0.00444. The first-order valence-corrected chi connectivity index (χ1v) is 6.39. The minimum atomic E-state index is -0.884. The van der Waals surface area contributed by atoms with Gasteiger partial charge in [-0.15, -0.1) is 0 Å². The van der Waals surface area contributed by atoms with Gasteiger partial charge in [0.05, 0.1) is 12.3 Å². The number of likely N-dealkylation sites (N-methyl/N-ethyl adjacent to an activating group) is 1. The number of anilines is 1. The molecule has 5 nitrogen and oxygen atoms in total. The van der Waals surface area contributed by atoms with Gasteiger partial charge in [0.25, 0.3) is 0 Å². The van der Waals surface area contributed by atoms with Gasteiger partial charge in [-0.2, -0.15) is 0 Å². The van der Waals surface area contributed by atoms with Gasteiger partial charge in [0.15, 0.2) is 0 Å². The molecule has 1 heterocycles. The highest BCUT2D eigenvalue weighted by atomic mass is 16.4. The fraction of sp³-hybridized carbons (Fsp3) is 0.429. The number of hydrogen-bond acceptors (Lipinski definition) is 3. The molecule has 1 atom stereocenters. The third-order valence-electron chi connectivity index (χ3n) is 3.42. The molecule has 1 unspecified atom stereocenters. The smallest absolute Gasteiger partial charge is 0.305 e. The van der Waals surface area contributed by atoms with Gasteiger partial charge in [0.2, 0.25) is 5.91 Å². The molecule has 5 heteroatoms. The number of hydrogen-bond donors (Lipinski definition) is 2. The van der Waals surface area contributed by atoms with Gasteiger partial charge in [0.1, 0.15) is 0 Å². The van der Waals surface area contributed by atoms with Crippen LogP contribution in [-0.4, -0.2) is 42.0 Å². The monoisotopic (exact) mass is 262 g/mol. The number of benzene rings is 1. The summed E-state index contributed by atoms with van der Waals surface area (Å²) in [6.07, 6.45) is 0.724. The molecule has 1 amide bonds. The number of nitrogens with one attached hydrogen (secondary N) is 1. The average molecular weight is 262 g/mol. The molecule has 0 aromatic heterocycles. The predicted octanol–water partition coefficient (Wildman–Crippen LogP) is 1.52. The summed E-state index contributed by atoms with van der Waals surface area (Å²) in [5.41, 5.74) is 2.00. The van der Waals surface area contributed by atoms with Gasteiger partial charge in [0, 0.05) is 25.8 Å². The number of carboxylic acids is 1. The number of carbonyl (C=O) groups excluding carboxylic acids is 1. The zero-order valence-corrected chi connectivity index (χ0v) is 10.9. The van der Waals surface area contributed by atoms with Crippen LogP contribution in [-0.2, 0) is 9.59 Å². The number of rotatable bonds is 4. The second kappa shape index (κ2) is 5.73. The number of aliphatic carboxylic acids is 1. The zero-order chi connectivity index (χ0) is 13.8. The zero-order valence-electron chi connectivity index (χ0n) is 10.9. The van der Waals surface area contributed by atoms with Crippen molar-refractivity contribution in [2.75, 3.05) is 25.5 Å². The van der Waals surface area contributed by atoms with Crippen molar-refractivity contribution in [3.8, 4) is 0 Å². The van der Waals surface area contributed by atoms with Crippen LogP contribution < -0.4 is 5.32 Å². The Labute approximate surface area is 112 Å². The summed E-state index contributed by atoms with van der Waals surface area (Å²) >= 11 is 0. The highest BCUT2D eigenvalue weighted by Crippen LogP contribution is 2.32. The summed E-state index contributed by atoms with van der Waals surface area (Å²) in [4.78, 5) is 24.4. The lowest BCUT2D eigenvalue weighted by Gasteiger charge is -2.29. The van der Waals surface area contributed by atoms with Crippen molar-refractivity contribution < 1.29 is 14.7 Å². The molecule has 102 valence electrons. The highest BCUT2D eigenvalue weighted by molar-refractivity contribution is 5.86. The molecule has 0 bridgehead atoms. The first-order chi connectivity index (χ1) is 9.09. The fourth-order valence-corrected chi connectivity index (χ4v) is 2.36. The summed E-state index contributed by atoms with van der Waals surface area (Å²) in [6, 6.07) is 7.78. The van der Waals surface area contributed by atoms with Crippen molar-refractivity contribution in [3.05, 3.63) is 29.8 Å². The molecule has 0 saturated heterocycles. The SMILES string of the molecule is CN(CCC(=O)O)C(=O)C1CCNc2ccccc21. The molecule has 1 aromatic carbocycles. The Hall–Kier alpha value is -2.04. The second-order valence-electron chi connectivity index (χ2n) is 4.76. The molecule has 0 fully saturated rings. The Morgan fingerprint density at radius 2 is 2.16 bits per heavy atom. The maximum Gasteiger partial charge on any atom is 0.305 e. The van der Waals surface area contributed by atoms with Crippen molar-refractivity contribution in [2.45, 2.75) is 18.8 Å². The third kappa shape index (κ3) is 3.05. The van der Waals surface area contributed by atoms with Crippen molar-refractivity contribution in [2.24, 2.45) is 0 Å². The normalized spacial score (nSPS) is 17.2. The molecule has 0 aliphatic carbocycles. The largest absolute Gasteiger partial charge is 0.481 e. The van der Waals surface area contributed by atoms with Crippen LogP contribution in [0.15, 0.2) is 24.3 Å². The Morgan fingerprint density at radius 1 is 1.42 bits per heavy atom. The van der Waals surface area contributed by atoms with Crippen LogP contribution in [0, 0.1) is 0 Å². The Bertz CT molecular complexity index is 487. The summed E-state index contributed by atoms with van der Waals surface area (Å²) in [7, 11) is 1.66. The van der Waals surface area contributed by atoms with Crippen LogP contribution >= 0.6 is 0 Å². The van der Waals surface area contributed by atoms with Gasteiger partial charge in [-0.3, -0.25) is 9.59 Å². The molecule has 19 heavy (non-hydrogen) atoms. The molecule has 0 radical (unpaired) electrons. The van der Waals surface area contributed by atoms with Crippen molar-refractivity contribution in [1.29, 1.82) is 0 Å². The summed E-state index contributed by atoms with van der Waals surface area (Å²) in [5, 5.41) is 11.9. The van der Waals surface area contributed by atoms with Crippen molar-refractivity contribution >= 4 is 17.6 Å². The molecule has 2 rings (SSSR count). The van der Waals surface area contributed by atoms with E-state index in [1.807, 2.05) is 24.3 Å². The number of para-hydroxylation sites is 1.